The van der Waals surface area contributed by atoms with Crippen molar-refractivity contribution in [2.45, 2.75) is 26.2 Å². The normalized spacial score (nSPS) is 11.6. The van der Waals surface area contributed by atoms with Crippen molar-refractivity contribution in [2.24, 2.45) is 0 Å². The first-order chi connectivity index (χ1) is 10.1. The number of benzene rings is 2. The molecule has 0 aliphatic heterocycles. The van der Waals surface area contributed by atoms with E-state index in [4.69, 9.17) is 16.3 Å². The predicted molar refractivity (Wildman–Crippen MR) is 92.9 cm³/mol. The number of halogens is 2. The van der Waals surface area contributed by atoms with Crippen molar-refractivity contribution in [2.75, 3.05) is 6.54 Å². The third-order valence-electron chi connectivity index (χ3n) is 3.01. The van der Waals surface area contributed by atoms with E-state index in [-0.39, 0.29) is 18.5 Å². The molecule has 5 heteroatoms. The summed E-state index contributed by atoms with van der Waals surface area (Å²) in [6.45, 7) is 3.41. The van der Waals surface area contributed by atoms with Gasteiger partial charge in [0.1, 0.15) is 12.4 Å². The number of nitrogens with one attached hydrogen (secondary N) is 1. The van der Waals surface area contributed by atoms with Crippen molar-refractivity contribution in [1.82, 2.24) is 5.32 Å². The van der Waals surface area contributed by atoms with Gasteiger partial charge in [-0.25, -0.2) is 0 Å². The molecule has 0 bridgehead atoms. The molecule has 0 spiro atoms. The van der Waals surface area contributed by atoms with Crippen LogP contribution in [-0.2, 0) is 13.2 Å². The molecule has 2 N–H and O–H groups in total. The first-order valence-electron chi connectivity index (χ1n) is 6.99. The average Bonchev–Trinajstić information content (AvgIpc) is 2.47. The molecule has 2 aromatic rings. The molecule has 120 valence electrons. The number of ether oxygens (including phenoxy) is 1. The average molecular weight is 342 g/mol. The highest BCUT2D eigenvalue weighted by molar-refractivity contribution is 6.30. The highest BCUT2D eigenvalue weighted by Crippen LogP contribution is 2.23. The van der Waals surface area contributed by atoms with E-state index in [1.54, 1.807) is 6.92 Å². The smallest absolute Gasteiger partial charge is 0.124 e. The van der Waals surface area contributed by atoms with E-state index >= 15 is 0 Å². The Morgan fingerprint density at radius 2 is 1.91 bits per heavy atom. The molecule has 0 saturated heterocycles. The lowest BCUT2D eigenvalue weighted by Gasteiger charge is -2.13. The van der Waals surface area contributed by atoms with Gasteiger partial charge in [-0.3, -0.25) is 0 Å². The SMILES string of the molecule is CC(O)CNCc1cc(Cl)ccc1OCc1ccccc1.Cl. The van der Waals surface area contributed by atoms with Crippen molar-refractivity contribution in [3.8, 4) is 5.75 Å². The summed E-state index contributed by atoms with van der Waals surface area (Å²) in [5.41, 5.74) is 2.11. The molecule has 0 amide bonds. The Kier molecular flexibility index (Phi) is 8.28. The van der Waals surface area contributed by atoms with Crippen LogP contribution < -0.4 is 10.1 Å². The number of aliphatic hydroxyl groups is 1. The first kappa shape index (κ1) is 18.8. The van der Waals surface area contributed by atoms with Crippen molar-refractivity contribution in [1.29, 1.82) is 0 Å². The van der Waals surface area contributed by atoms with Crippen LogP contribution in [0.2, 0.25) is 5.02 Å². The van der Waals surface area contributed by atoms with Crippen LogP contribution >= 0.6 is 24.0 Å². The quantitative estimate of drug-likeness (QED) is 0.804. The molecule has 2 rings (SSSR count). The third kappa shape index (κ3) is 6.24. The standard InChI is InChI=1S/C17H20ClNO2.ClH/c1-13(20)10-19-11-15-9-16(18)7-8-17(15)21-12-14-5-3-2-4-6-14;/h2-9,13,19-20H,10-12H2,1H3;1H. The molecule has 22 heavy (non-hydrogen) atoms. The Bertz CT molecular complexity index is 562. The van der Waals surface area contributed by atoms with Gasteiger partial charge >= 0.3 is 0 Å². The van der Waals surface area contributed by atoms with Gasteiger partial charge in [0, 0.05) is 23.7 Å². The second-order valence-corrected chi connectivity index (χ2v) is 5.44. The summed E-state index contributed by atoms with van der Waals surface area (Å²) in [7, 11) is 0. The Labute approximate surface area is 142 Å². The van der Waals surface area contributed by atoms with Crippen LogP contribution in [0, 0.1) is 0 Å². The number of hydrogen-bond acceptors (Lipinski definition) is 3. The van der Waals surface area contributed by atoms with Gasteiger partial charge in [0.2, 0.25) is 0 Å². The third-order valence-corrected chi connectivity index (χ3v) is 3.25. The number of aliphatic hydroxyl groups excluding tert-OH is 1. The van der Waals surface area contributed by atoms with E-state index in [1.807, 2.05) is 48.5 Å². The predicted octanol–water partition coefficient (Wildman–Crippen LogP) is 3.81. The van der Waals surface area contributed by atoms with E-state index in [1.165, 1.54) is 0 Å². The lowest BCUT2D eigenvalue weighted by Crippen LogP contribution is -2.24. The van der Waals surface area contributed by atoms with Gasteiger partial charge in [0.15, 0.2) is 0 Å². The van der Waals surface area contributed by atoms with E-state index in [2.05, 4.69) is 5.32 Å². The summed E-state index contributed by atoms with van der Waals surface area (Å²) >= 11 is 6.04. The van der Waals surface area contributed by atoms with Crippen LogP contribution in [0.1, 0.15) is 18.1 Å². The van der Waals surface area contributed by atoms with Crippen LogP contribution in [0.25, 0.3) is 0 Å². The highest BCUT2D eigenvalue weighted by atomic mass is 35.5. The fourth-order valence-electron chi connectivity index (χ4n) is 1.98. The Balaban J connectivity index is 0.00000242. The zero-order valence-corrected chi connectivity index (χ0v) is 14.0. The molecule has 3 nitrogen and oxygen atoms in total. The minimum absolute atomic E-state index is 0. The highest BCUT2D eigenvalue weighted by Gasteiger charge is 2.06. The largest absolute Gasteiger partial charge is 0.489 e. The maximum Gasteiger partial charge on any atom is 0.124 e. The van der Waals surface area contributed by atoms with Crippen molar-refractivity contribution >= 4 is 24.0 Å². The zero-order chi connectivity index (χ0) is 15.1. The minimum atomic E-state index is -0.377. The molecule has 1 unspecified atom stereocenters. The van der Waals surface area contributed by atoms with Gasteiger partial charge in [0.25, 0.3) is 0 Å². The minimum Gasteiger partial charge on any atom is -0.489 e. The zero-order valence-electron chi connectivity index (χ0n) is 12.5. The lowest BCUT2D eigenvalue weighted by atomic mass is 10.2. The van der Waals surface area contributed by atoms with Crippen molar-refractivity contribution in [3.05, 3.63) is 64.7 Å². The second kappa shape index (κ2) is 9.70. The molecule has 2 aromatic carbocycles. The second-order valence-electron chi connectivity index (χ2n) is 5.01. The topological polar surface area (TPSA) is 41.5 Å². The van der Waals surface area contributed by atoms with E-state index in [0.717, 1.165) is 16.9 Å². The molecule has 0 radical (unpaired) electrons. The Hall–Kier alpha value is -1.26. The molecule has 0 aliphatic carbocycles. The summed E-state index contributed by atoms with van der Waals surface area (Å²) in [5.74, 6) is 0.807. The van der Waals surface area contributed by atoms with Crippen LogP contribution in [0.15, 0.2) is 48.5 Å². The molecule has 0 heterocycles. The van der Waals surface area contributed by atoms with Crippen LogP contribution in [0.4, 0.5) is 0 Å². The summed E-state index contributed by atoms with van der Waals surface area (Å²) in [4.78, 5) is 0. The van der Waals surface area contributed by atoms with Gasteiger partial charge in [-0.05, 0) is 30.7 Å². The molecule has 0 fully saturated rings. The summed E-state index contributed by atoms with van der Waals surface area (Å²) in [5, 5.41) is 13.1. The van der Waals surface area contributed by atoms with Crippen LogP contribution in [0.5, 0.6) is 5.75 Å². The van der Waals surface area contributed by atoms with Gasteiger partial charge in [-0.15, -0.1) is 12.4 Å². The van der Waals surface area contributed by atoms with Crippen molar-refractivity contribution < 1.29 is 9.84 Å². The maximum atomic E-state index is 9.29. The van der Waals surface area contributed by atoms with Crippen LogP contribution in [-0.4, -0.2) is 17.8 Å². The number of hydrogen-bond donors (Lipinski definition) is 2. The van der Waals surface area contributed by atoms with E-state index in [0.29, 0.717) is 24.7 Å². The molecular formula is C17H21Cl2NO2. The molecule has 0 saturated carbocycles. The number of rotatable bonds is 7. The first-order valence-corrected chi connectivity index (χ1v) is 7.37. The molecule has 1 atom stereocenters. The van der Waals surface area contributed by atoms with Gasteiger partial charge in [-0.1, -0.05) is 41.9 Å². The summed E-state index contributed by atoms with van der Waals surface area (Å²) in [6, 6.07) is 15.6. The lowest BCUT2D eigenvalue weighted by molar-refractivity contribution is 0.190. The van der Waals surface area contributed by atoms with Gasteiger partial charge in [-0.2, -0.15) is 0 Å². The fraction of sp³-hybridized carbons (Fsp3) is 0.294. The Morgan fingerprint density at radius 3 is 2.59 bits per heavy atom. The van der Waals surface area contributed by atoms with Gasteiger partial charge < -0.3 is 15.2 Å². The molecule has 0 aliphatic rings. The van der Waals surface area contributed by atoms with Crippen LogP contribution in [0.3, 0.4) is 0 Å². The molecular weight excluding hydrogens is 321 g/mol. The summed E-state index contributed by atoms with van der Waals surface area (Å²) < 4.78 is 5.87. The van der Waals surface area contributed by atoms with E-state index in [9.17, 15) is 5.11 Å². The summed E-state index contributed by atoms with van der Waals surface area (Å²) in [6.07, 6.45) is -0.377. The van der Waals surface area contributed by atoms with Gasteiger partial charge in [0.05, 0.1) is 6.10 Å². The molecule has 0 aromatic heterocycles. The monoisotopic (exact) mass is 341 g/mol. The Morgan fingerprint density at radius 1 is 1.18 bits per heavy atom. The van der Waals surface area contributed by atoms with E-state index < -0.39 is 0 Å². The van der Waals surface area contributed by atoms with Crippen molar-refractivity contribution in [3.63, 3.8) is 0 Å². The fourth-order valence-corrected chi connectivity index (χ4v) is 2.17. The maximum absolute atomic E-state index is 9.29.